The van der Waals surface area contributed by atoms with E-state index in [1.165, 1.54) is 24.0 Å². The minimum Gasteiger partial charge on any atom is -0.355 e. The molecule has 4 rings (SSSR count). The topological polar surface area (TPSA) is 46.8 Å². The van der Waals surface area contributed by atoms with Crippen LogP contribution < -0.4 is 4.90 Å². The molecular formula is C19H16FN5. The lowest BCUT2D eigenvalue weighted by atomic mass is 10.2. The Morgan fingerprint density at radius 3 is 2.68 bits per heavy atom. The molecule has 0 N–H and O–H groups in total. The molecule has 0 aliphatic carbocycles. The molecule has 0 aliphatic rings. The van der Waals surface area contributed by atoms with Crippen LogP contribution in [-0.2, 0) is 6.54 Å². The van der Waals surface area contributed by atoms with E-state index in [1.807, 2.05) is 25.2 Å². The molecule has 0 saturated heterocycles. The van der Waals surface area contributed by atoms with E-state index in [9.17, 15) is 4.39 Å². The summed E-state index contributed by atoms with van der Waals surface area (Å²) in [6.45, 7) is 0.720. The van der Waals surface area contributed by atoms with Crippen LogP contribution in [0.5, 0.6) is 0 Å². The largest absolute Gasteiger partial charge is 0.355 e. The van der Waals surface area contributed by atoms with Gasteiger partial charge in [0.1, 0.15) is 18.0 Å². The molecule has 6 heteroatoms. The fourth-order valence-electron chi connectivity index (χ4n) is 2.86. The SMILES string of the molecule is CN(Cc1ccccc1)c1ncnc2c1cnn2-c1cccc(F)c1. The summed E-state index contributed by atoms with van der Waals surface area (Å²) in [5.41, 5.74) is 2.47. The van der Waals surface area contributed by atoms with E-state index in [4.69, 9.17) is 0 Å². The lowest BCUT2D eigenvalue weighted by Crippen LogP contribution is -2.18. The molecule has 0 radical (unpaired) electrons. The molecule has 25 heavy (non-hydrogen) atoms. The Labute approximate surface area is 144 Å². The number of rotatable bonds is 4. The van der Waals surface area contributed by atoms with Crippen molar-refractivity contribution in [2.75, 3.05) is 11.9 Å². The fraction of sp³-hybridized carbons (Fsp3) is 0.105. The predicted molar refractivity (Wildman–Crippen MR) is 95.2 cm³/mol. The van der Waals surface area contributed by atoms with Crippen LogP contribution in [0.1, 0.15) is 5.56 Å². The number of fused-ring (bicyclic) bond motifs is 1. The molecule has 2 aromatic heterocycles. The molecule has 0 fully saturated rings. The average molecular weight is 333 g/mol. The van der Waals surface area contributed by atoms with Crippen LogP contribution in [0.2, 0.25) is 0 Å². The van der Waals surface area contributed by atoms with Crippen LogP contribution in [0.4, 0.5) is 10.2 Å². The Kier molecular flexibility index (Phi) is 3.85. The molecule has 0 bridgehead atoms. The van der Waals surface area contributed by atoms with Crippen LogP contribution in [0.3, 0.4) is 0 Å². The highest BCUT2D eigenvalue weighted by molar-refractivity contribution is 5.87. The zero-order chi connectivity index (χ0) is 17.2. The van der Waals surface area contributed by atoms with Crippen LogP contribution in [0, 0.1) is 5.82 Å². The van der Waals surface area contributed by atoms with E-state index in [0.29, 0.717) is 11.3 Å². The Hall–Kier alpha value is -3.28. The third kappa shape index (κ3) is 2.94. The van der Waals surface area contributed by atoms with Crippen LogP contribution in [0.15, 0.2) is 67.1 Å². The van der Waals surface area contributed by atoms with Gasteiger partial charge in [0.15, 0.2) is 5.65 Å². The fourth-order valence-corrected chi connectivity index (χ4v) is 2.86. The molecule has 2 heterocycles. The highest BCUT2D eigenvalue weighted by atomic mass is 19.1. The van der Waals surface area contributed by atoms with Gasteiger partial charge in [-0.3, -0.25) is 0 Å². The van der Waals surface area contributed by atoms with Gasteiger partial charge in [-0.15, -0.1) is 0 Å². The van der Waals surface area contributed by atoms with Gasteiger partial charge in [0.2, 0.25) is 0 Å². The van der Waals surface area contributed by atoms with Gasteiger partial charge in [-0.05, 0) is 23.8 Å². The summed E-state index contributed by atoms with van der Waals surface area (Å²) >= 11 is 0. The van der Waals surface area contributed by atoms with Crippen molar-refractivity contribution in [1.29, 1.82) is 0 Å². The van der Waals surface area contributed by atoms with Crippen molar-refractivity contribution in [3.05, 3.63) is 78.5 Å². The minimum absolute atomic E-state index is 0.309. The zero-order valence-corrected chi connectivity index (χ0v) is 13.7. The maximum absolute atomic E-state index is 13.5. The average Bonchev–Trinajstić information content (AvgIpc) is 3.06. The van der Waals surface area contributed by atoms with Gasteiger partial charge in [-0.1, -0.05) is 36.4 Å². The Bertz CT molecular complexity index is 1010. The number of anilines is 1. The van der Waals surface area contributed by atoms with E-state index in [-0.39, 0.29) is 5.82 Å². The summed E-state index contributed by atoms with van der Waals surface area (Å²) in [5, 5.41) is 5.20. The maximum Gasteiger partial charge on any atom is 0.168 e. The number of halogens is 1. The van der Waals surface area contributed by atoms with Gasteiger partial charge in [-0.2, -0.15) is 5.10 Å². The number of hydrogen-bond donors (Lipinski definition) is 0. The number of nitrogens with zero attached hydrogens (tertiary/aromatic N) is 5. The lowest BCUT2D eigenvalue weighted by Gasteiger charge is -2.18. The molecule has 5 nitrogen and oxygen atoms in total. The monoisotopic (exact) mass is 333 g/mol. The normalized spacial score (nSPS) is 11.0. The molecular weight excluding hydrogens is 317 g/mol. The van der Waals surface area contributed by atoms with Gasteiger partial charge in [0.25, 0.3) is 0 Å². The van der Waals surface area contributed by atoms with Crippen molar-refractivity contribution < 1.29 is 4.39 Å². The predicted octanol–water partition coefficient (Wildman–Crippen LogP) is 3.59. The third-order valence-corrected chi connectivity index (χ3v) is 4.02. The van der Waals surface area contributed by atoms with Crippen molar-refractivity contribution >= 4 is 16.9 Å². The summed E-state index contributed by atoms with van der Waals surface area (Å²) in [4.78, 5) is 10.8. The van der Waals surface area contributed by atoms with Gasteiger partial charge in [0.05, 0.1) is 17.3 Å². The summed E-state index contributed by atoms with van der Waals surface area (Å²) in [6, 6.07) is 16.5. The molecule has 0 amide bonds. The minimum atomic E-state index is -0.309. The number of aromatic nitrogens is 4. The van der Waals surface area contributed by atoms with E-state index >= 15 is 0 Å². The van der Waals surface area contributed by atoms with Crippen LogP contribution >= 0.6 is 0 Å². The van der Waals surface area contributed by atoms with Gasteiger partial charge < -0.3 is 4.90 Å². The highest BCUT2D eigenvalue weighted by Gasteiger charge is 2.14. The zero-order valence-electron chi connectivity index (χ0n) is 13.7. The molecule has 0 aliphatic heterocycles. The number of hydrogen-bond acceptors (Lipinski definition) is 4. The lowest BCUT2D eigenvalue weighted by molar-refractivity contribution is 0.625. The van der Waals surface area contributed by atoms with E-state index in [2.05, 4.69) is 32.1 Å². The second-order valence-corrected chi connectivity index (χ2v) is 5.81. The second-order valence-electron chi connectivity index (χ2n) is 5.81. The van der Waals surface area contributed by atoms with Crippen molar-refractivity contribution in [3.8, 4) is 5.69 Å². The standard InChI is InChI=1S/C19H16FN5/c1-24(12-14-6-3-2-4-7-14)18-17-11-23-25(19(17)22-13-21-18)16-9-5-8-15(20)10-16/h2-11,13H,12H2,1H3. The summed E-state index contributed by atoms with van der Waals surface area (Å²) < 4.78 is 15.2. The van der Waals surface area contributed by atoms with Crippen molar-refractivity contribution in [2.24, 2.45) is 0 Å². The molecule has 0 unspecified atom stereocenters. The first kappa shape index (κ1) is 15.3. The van der Waals surface area contributed by atoms with Crippen LogP contribution in [-0.4, -0.2) is 26.8 Å². The van der Waals surface area contributed by atoms with Crippen molar-refractivity contribution in [3.63, 3.8) is 0 Å². The van der Waals surface area contributed by atoms with E-state index in [1.54, 1.807) is 23.0 Å². The summed E-state index contributed by atoms with van der Waals surface area (Å²) in [7, 11) is 1.98. The Morgan fingerprint density at radius 2 is 1.88 bits per heavy atom. The number of benzene rings is 2. The second kappa shape index (κ2) is 6.32. The van der Waals surface area contributed by atoms with Crippen molar-refractivity contribution in [2.45, 2.75) is 6.54 Å². The first-order chi connectivity index (χ1) is 12.2. The molecule has 2 aromatic carbocycles. The summed E-state index contributed by atoms with van der Waals surface area (Å²) in [5.74, 6) is 0.480. The molecule has 124 valence electrons. The smallest absolute Gasteiger partial charge is 0.168 e. The molecule has 0 saturated carbocycles. The maximum atomic E-state index is 13.5. The van der Waals surface area contributed by atoms with Gasteiger partial charge >= 0.3 is 0 Å². The highest BCUT2D eigenvalue weighted by Crippen LogP contribution is 2.25. The Morgan fingerprint density at radius 1 is 1.04 bits per heavy atom. The quantitative estimate of drug-likeness (QED) is 0.572. The Balaban J connectivity index is 1.74. The summed E-state index contributed by atoms with van der Waals surface area (Å²) in [6.07, 6.45) is 3.23. The molecule has 4 aromatic rings. The molecule has 0 spiro atoms. The van der Waals surface area contributed by atoms with Crippen molar-refractivity contribution in [1.82, 2.24) is 19.7 Å². The van der Waals surface area contributed by atoms with Gasteiger partial charge in [-0.25, -0.2) is 19.0 Å². The van der Waals surface area contributed by atoms with Gasteiger partial charge in [0, 0.05) is 13.6 Å². The van der Waals surface area contributed by atoms with E-state index in [0.717, 1.165) is 17.7 Å². The molecule has 0 atom stereocenters. The van der Waals surface area contributed by atoms with Crippen LogP contribution in [0.25, 0.3) is 16.7 Å². The third-order valence-electron chi connectivity index (χ3n) is 4.02. The first-order valence-electron chi connectivity index (χ1n) is 7.92. The first-order valence-corrected chi connectivity index (χ1v) is 7.92. The van der Waals surface area contributed by atoms with E-state index < -0.39 is 0 Å².